The molecule has 0 radical (unpaired) electrons. The summed E-state index contributed by atoms with van der Waals surface area (Å²) in [6.07, 6.45) is -3.56. The minimum atomic E-state index is -4.64. The van der Waals surface area contributed by atoms with Crippen LogP contribution < -0.4 is 15.8 Å². The van der Waals surface area contributed by atoms with Crippen LogP contribution in [0.5, 0.6) is 5.75 Å². The minimum Gasteiger partial charge on any atom is -0.506 e. The van der Waals surface area contributed by atoms with Crippen molar-refractivity contribution < 1.29 is 41.3 Å². The first-order valence-corrected chi connectivity index (χ1v) is 18.8. The summed E-state index contributed by atoms with van der Waals surface area (Å²) in [7, 11) is -3.43. The molecule has 3 aliphatic heterocycles. The molecule has 0 aliphatic carbocycles. The number of likely N-dealkylation sites (tertiary alicyclic amines) is 1. The fourth-order valence-electron chi connectivity index (χ4n) is 7.28. The number of aliphatic hydroxyl groups excluding tert-OH is 1. The van der Waals surface area contributed by atoms with Crippen LogP contribution in [0, 0.1) is 0 Å². The van der Waals surface area contributed by atoms with E-state index in [9.17, 15) is 41.4 Å². The lowest BCUT2D eigenvalue weighted by molar-refractivity contribution is -0.137. The van der Waals surface area contributed by atoms with Crippen molar-refractivity contribution >= 4 is 44.9 Å². The summed E-state index contributed by atoms with van der Waals surface area (Å²) in [5.41, 5.74) is -2.06. The van der Waals surface area contributed by atoms with Crippen molar-refractivity contribution in [3.63, 3.8) is 0 Å². The predicted octanol–water partition coefficient (Wildman–Crippen LogP) is 2.46. The van der Waals surface area contributed by atoms with Gasteiger partial charge in [0.25, 0.3) is 5.56 Å². The van der Waals surface area contributed by atoms with Crippen LogP contribution in [0.1, 0.15) is 54.6 Å². The first-order valence-electron chi connectivity index (χ1n) is 16.6. The highest BCUT2D eigenvalue weighted by Gasteiger charge is 2.51. The number of hydrogen-bond acceptors (Lipinski definition) is 12. The molecule has 284 valence electrons. The van der Waals surface area contributed by atoms with Crippen LogP contribution in [0.25, 0.3) is 5.78 Å². The summed E-state index contributed by atoms with van der Waals surface area (Å²) in [5.74, 6) is -0.729. The van der Waals surface area contributed by atoms with Crippen molar-refractivity contribution in [3.8, 4) is 5.75 Å². The van der Waals surface area contributed by atoms with Crippen molar-refractivity contribution in [1.29, 1.82) is 0 Å². The van der Waals surface area contributed by atoms with Crippen LogP contribution in [-0.2, 0) is 37.9 Å². The highest BCUT2D eigenvalue weighted by atomic mass is 35.5. The molecule has 53 heavy (non-hydrogen) atoms. The third kappa shape index (κ3) is 6.82. The number of rotatable bonds is 7. The molecule has 2 atom stereocenters. The standard InChI is InChI=1S/C32H35ClF3N9O7S/c1-18-26-24(31(52-18)7-10-41(11-8-31)28(49)25-22(46)4-3-9-37-25)27(48)45-30(39-29(40-45)42-12-14-43(15-13-42)53(2,50)51)44(26)17-23(47)38-21-6-5-19(16-20(21)33)32(34,35)36/h3-6,9,16,18,28,46,49H,7-8,10-15,17H2,1-2H3,(H,38,47)/t18-,28?/m1/s1. The second kappa shape index (κ2) is 13.5. The lowest BCUT2D eigenvalue weighted by atomic mass is 9.85. The van der Waals surface area contributed by atoms with Gasteiger partial charge in [-0.25, -0.2) is 8.42 Å². The number of aliphatic hydroxyl groups is 1. The van der Waals surface area contributed by atoms with Gasteiger partial charge in [0.1, 0.15) is 23.6 Å². The molecule has 3 N–H and O–H groups in total. The van der Waals surface area contributed by atoms with Gasteiger partial charge in [-0.05, 0) is 50.1 Å². The number of nitrogens with one attached hydrogen (secondary N) is 1. The minimum absolute atomic E-state index is 0.00561. The van der Waals surface area contributed by atoms with E-state index in [-0.39, 0.29) is 91.6 Å². The topological polar surface area (TPSA) is 188 Å². The Kier molecular flexibility index (Phi) is 9.43. The quantitative estimate of drug-likeness (QED) is 0.249. The maximum Gasteiger partial charge on any atom is 0.416 e. The van der Waals surface area contributed by atoms with E-state index >= 15 is 0 Å². The van der Waals surface area contributed by atoms with Crippen LogP contribution in [0.4, 0.5) is 24.8 Å². The normalized spacial score (nSPS) is 20.2. The number of pyridine rings is 1. The molecule has 0 saturated carbocycles. The lowest BCUT2D eigenvalue weighted by Crippen LogP contribution is -2.48. The number of fused-ring (bicyclic) bond motifs is 3. The van der Waals surface area contributed by atoms with Gasteiger partial charge < -0.3 is 29.7 Å². The van der Waals surface area contributed by atoms with E-state index < -0.39 is 57.7 Å². The number of halogens is 4. The number of carbonyl (C=O) groups is 1. The summed E-state index contributed by atoms with van der Waals surface area (Å²) in [4.78, 5) is 40.2. The van der Waals surface area contributed by atoms with Gasteiger partial charge in [-0.3, -0.25) is 19.5 Å². The van der Waals surface area contributed by atoms with Crippen molar-refractivity contribution in [2.45, 2.75) is 50.4 Å². The molecule has 3 aromatic heterocycles. The number of carbonyl (C=O) groups excluding carboxylic acids is 1. The van der Waals surface area contributed by atoms with Crippen molar-refractivity contribution in [2.24, 2.45) is 0 Å². The number of alkyl halides is 3. The van der Waals surface area contributed by atoms with Crippen LogP contribution in [0.15, 0.2) is 41.3 Å². The molecule has 2 fully saturated rings. The number of aromatic nitrogens is 5. The summed E-state index contributed by atoms with van der Waals surface area (Å²) in [6, 6.07) is 5.51. The van der Waals surface area contributed by atoms with Gasteiger partial charge in [0.2, 0.25) is 27.7 Å². The van der Waals surface area contributed by atoms with E-state index in [2.05, 4.69) is 20.4 Å². The highest BCUT2D eigenvalue weighted by molar-refractivity contribution is 7.88. The molecule has 1 aromatic carbocycles. The molecule has 4 aromatic rings. The van der Waals surface area contributed by atoms with Gasteiger partial charge in [-0.1, -0.05) is 11.6 Å². The monoisotopic (exact) mass is 781 g/mol. The van der Waals surface area contributed by atoms with Gasteiger partial charge in [0.15, 0.2) is 6.23 Å². The molecule has 1 unspecified atom stereocenters. The smallest absolute Gasteiger partial charge is 0.416 e. The van der Waals surface area contributed by atoms with E-state index in [0.29, 0.717) is 11.8 Å². The van der Waals surface area contributed by atoms with Crippen LogP contribution in [-0.4, -0.2) is 103 Å². The molecule has 1 amide bonds. The van der Waals surface area contributed by atoms with E-state index in [1.807, 2.05) is 0 Å². The largest absolute Gasteiger partial charge is 0.506 e. The number of amides is 1. The fourth-order valence-corrected chi connectivity index (χ4v) is 8.34. The first kappa shape index (κ1) is 37.0. The Hall–Kier alpha value is -4.34. The Balaban J connectivity index is 1.25. The summed E-state index contributed by atoms with van der Waals surface area (Å²) in [6.45, 7) is 2.53. The Morgan fingerprint density at radius 2 is 1.85 bits per heavy atom. The molecule has 2 saturated heterocycles. The summed E-state index contributed by atoms with van der Waals surface area (Å²) < 4.78 is 74.4. The average Bonchev–Trinajstić information content (AvgIpc) is 3.67. The SMILES string of the molecule is C[C@H]1OC2(CCN(C(O)c3ncccc3O)CC2)c2c1n(CC(=O)Nc1ccc(C(F)(F)F)cc1Cl)c1nc(N3CCN(S(C)(=O)=O)CC3)nn1c2=O. The number of sulfonamides is 1. The summed E-state index contributed by atoms with van der Waals surface area (Å²) >= 11 is 6.13. The third-order valence-electron chi connectivity index (χ3n) is 9.89. The van der Waals surface area contributed by atoms with E-state index in [4.69, 9.17) is 16.3 Å². The lowest BCUT2D eigenvalue weighted by Gasteiger charge is -2.40. The van der Waals surface area contributed by atoms with Crippen LogP contribution in [0.3, 0.4) is 0 Å². The van der Waals surface area contributed by atoms with Crippen molar-refractivity contribution in [3.05, 3.63) is 74.4 Å². The first-order chi connectivity index (χ1) is 25.0. The van der Waals surface area contributed by atoms with Gasteiger partial charge >= 0.3 is 6.18 Å². The zero-order chi connectivity index (χ0) is 38.0. The fraction of sp³-hybridized carbons (Fsp3) is 0.469. The van der Waals surface area contributed by atoms with Crippen molar-refractivity contribution in [2.75, 3.05) is 55.7 Å². The Bertz CT molecular complexity index is 2250. The number of piperazine rings is 1. The van der Waals surface area contributed by atoms with Gasteiger partial charge in [0, 0.05) is 45.5 Å². The van der Waals surface area contributed by atoms with Crippen molar-refractivity contribution in [1.82, 2.24) is 33.4 Å². The third-order valence-corrected chi connectivity index (χ3v) is 11.5. The van der Waals surface area contributed by atoms with Crippen LogP contribution in [0.2, 0.25) is 5.02 Å². The predicted molar refractivity (Wildman–Crippen MR) is 184 cm³/mol. The van der Waals surface area contributed by atoms with E-state index in [1.165, 1.54) is 27.2 Å². The molecule has 7 rings (SSSR count). The molecule has 3 aliphatic rings. The number of hydrogen-bond donors (Lipinski definition) is 3. The molecule has 0 bridgehead atoms. The van der Waals surface area contributed by atoms with Gasteiger partial charge in [-0.15, -0.1) is 5.10 Å². The van der Waals surface area contributed by atoms with Crippen LogP contribution >= 0.6 is 11.6 Å². The number of nitrogens with zero attached hydrogens (tertiary/aromatic N) is 8. The maximum absolute atomic E-state index is 14.4. The second-order valence-electron chi connectivity index (χ2n) is 13.2. The number of benzene rings is 1. The number of anilines is 2. The Morgan fingerprint density at radius 3 is 2.47 bits per heavy atom. The van der Waals surface area contributed by atoms with E-state index in [0.717, 1.165) is 22.9 Å². The molecule has 21 heteroatoms. The highest BCUT2D eigenvalue weighted by Crippen LogP contribution is 2.49. The molecular weight excluding hydrogens is 747 g/mol. The molecule has 1 spiro atoms. The molecule has 16 nitrogen and oxygen atoms in total. The zero-order valence-corrected chi connectivity index (χ0v) is 30.0. The Labute approximate surface area is 305 Å². The maximum atomic E-state index is 14.4. The second-order valence-corrected chi connectivity index (χ2v) is 15.6. The molecule has 6 heterocycles. The van der Waals surface area contributed by atoms with Gasteiger partial charge in [0.05, 0.1) is 39.9 Å². The molecular formula is C32H35ClF3N9O7S. The van der Waals surface area contributed by atoms with E-state index in [1.54, 1.807) is 16.7 Å². The summed E-state index contributed by atoms with van der Waals surface area (Å²) in [5, 5.41) is 28.1. The average molecular weight is 782 g/mol. The number of aromatic hydroxyl groups is 1. The number of ether oxygens (including phenoxy) is 1. The zero-order valence-electron chi connectivity index (χ0n) is 28.4. The Morgan fingerprint density at radius 1 is 1.15 bits per heavy atom. The van der Waals surface area contributed by atoms with Gasteiger partial charge in [-0.2, -0.15) is 27.0 Å². The number of piperidine rings is 1.